The molecule has 0 aliphatic carbocycles. The summed E-state index contributed by atoms with van der Waals surface area (Å²) in [6.45, 7) is 9.51. The lowest BCUT2D eigenvalue weighted by Gasteiger charge is -2.27. The number of rotatable bonds is 7. The van der Waals surface area contributed by atoms with Crippen LogP contribution in [-0.4, -0.2) is 66.3 Å². The van der Waals surface area contributed by atoms with E-state index in [-0.39, 0.29) is 17.9 Å². The first kappa shape index (κ1) is 17.5. The molecule has 1 saturated heterocycles. The van der Waals surface area contributed by atoms with Crippen LogP contribution in [0.3, 0.4) is 0 Å². The number of hydrogen-bond donors (Lipinski definition) is 0. The molecule has 0 bridgehead atoms. The molecule has 25 heavy (non-hydrogen) atoms. The number of hydrogen-bond acceptors (Lipinski definition) is 7. The molecule has 1 atom stereocenters. The fourth-order valence-electron chi connectivity index (χ4n) is 3.08. The van der Waals surface area contributed by atoms with E-state index in [4.69, 9.17) is 4.52 Å². The molecule has 1 fully saturated rings. The Morgan fingerprint density at radius 2 is 2.28 bits per heavy atom. The minimum atomic E-state index is 0.0408. The normalized spacial score (nSPS) is 18.2. The van der Waals surface area contributed by atoms with Crippen LogP contribution in [0.2, 0.25) is 0 Å². The Bertz CT molecular complexity index is 682. The number of aromatic nitrogens is 5. The molecule has 9 heteroatoms. The largest absolute Gasteiger partial charge is 0.339 e. The third-order valence-electron chi connectivity index (χ3n) is 4.49. The van der Waals surface area contributed by atoms with Crippen LogP contribution >= 0.6 is 0 Å². The number of nitrogens with zero attached hydrogens (tertiary/aromatic N) is 7. The van der Waals surface area contributed by atoms with Crippen molar-refractivity contribution < 1.29 is 9.32 Å². The Hall–Kier alpha value is -2.29. The summed E-state index contributed by atoms with van der Waals surface area (Å²) in [4.78, 5) is 24.7. The van der Waals surface area contributed by atoms with Crippen molar-refractivity contribution in [3.05, 3.63) is 24.4 Å². The highest BCUT2D eigenvalue weighted by Gasteiger charge is 2.30. The molecular formula is C16H25N7O2. The third kappa shape index (κ3) is 4.41. The van der Waals surface area contributed by atoms with Gasteiger partial charge in [0.2, 0.25) is 11.8 Å². The van der Waals surface area contributed by atoms with Crippen LogP contribution < -0.4 is 0 Å². The smallest absolute Gasteiger partial charge is 0.229 e. The summed E-state index contributed by atoms with van der Waals surface area (Å²) in [5.41, 5.74) is 0. The third-order valence-corrected chi connectivity index (χ3v) is 4.49. The van der Waals surface area contributed by atoms with Crippen molar-refractivity contribution in [2.24, 2.45) is 0 Å². The highest BCUT2D eigenvalue weighted by atomic mass is 16.5. The SMILES string of the molecule is CC(=O)N(Cc1noc(C(C)C)n1)[C@@H]1CCN(CCn2cncn2)C1. The first-order chi connectivity index (χ1) is 12.0. The van der Waals surface area contributed by atoms with Gasteiger partial charge in [0, 0.05) is 38.5 Å². The molecule has 0 N–H and O–H groups in total. The molecule has 1 aliphatic rings. The second-order valence-corrected chi connectivity index (χ2v) is 6.75. The molecule has 1 amide bonds. The zero-order valence-electron chi connectivity index (χ0n) is 15.0. The van der Waals surface area contributed by atoms with Gasteiger partial charge >= 0.3 is 0 Å². The zero-order valence-corrected chi connectivity index (χ0v) is 15.0. The standard InChI is InChI=1S/C16H25N7O2/c1-12(2)16-19-15(20-25-16)9-23(13(3)24)14-4-5-21(8-14)6-7-22-11-17-10-18-22/h10-12,14H,4-9H2,1-3H3/t14-/m1/s1. The predicted molar refractivity (Wildman–Crippen MR) is 89.5 cm³/mol. The van der Waals surface area contributed by atoms with Crippen molar-refractivity contribution >= 4 is 5.91 Å². The summed E-state index contributed by atoms with van der Waals surface area (Å²) in [7, 11) is 0. The Labute approximate surface area is 147 Å². The first-order valence-corrected chi connectivity index (χ1v) is 8.67. The van der Waals surface area contributed by atoms with Gasteiger partial charge in [-0.05, 0) is 6.42 Å². The lowest BCUT2D eigenvalue weighted by Crippen LogP contribution is -2.40. The highest BCUT2D eigenvalue weighted by Crippen LogP contribution is 2.19. The molecule has 0 unspecified atom stereocenters. The van der Waals surface area contributed by atoms with Gasteiger partial charge in [-0.25, -0.2) is 4.98 Å². The van der Waals surface area contributed by atoms with Crippen LogP contribution in [0, 0.1) is 0 Å². The van der Waals surface area contributed by atoms with Crippen molar-refractivity contribution in [3.8, 4) is 0 Å². The monoisotopic (exact) mass is 347 g/mol. The Balaban J connectivity index is 1.56. The van der Waals surface area contributed by atoms with Crippen LogP contribution in [0.25, 0.3) is 0 Å². The number of carbonyl (C=O) groups is 1. The lowest BCUT2D eigenvalue weighted by molar-refractivity contribution is -0.131. The van der Waals surface area contributed by atoms with Gasteiger partial charge in [0.15, 0.2) is 5.82 Å². The molecule has 2 aromatic heterocycles. The van der Waals surface area contributed by atoms with Crippen molar-refractivity contribution in [1.29, 1.82) is 0 Å². The molecule has 136 valence electrons. The lowest BCUT2D eigenvalue weighted by atomic mass is 10.2. The summed E-state index contributed by atoms with van der Waals surface area (Å²) >= 11 is 0. The molecule has 9 nitrogen and oxygen atoms in total. The molecule has 0 aromatic carbocycles. The molecule has 0 spiro atoms. The minimum Gasteiger partial charge on any atom is -0.339 e. The minimum absolute atomic E-state index is 0.0408. The quantitative estimate of drug-likeness (QED) is 0.735. The van der Waals surface area contributed by atoms with Gasteiger partial charge in [-0.1, -0.05) is 19.0 Å². The fourth-order valence-corrected chi connectivity index (χ4v) is 3.08. The molecule has 0 saturated carbocycles. The second-order valence-electron chi connectivity index (χ2n) is 6.75. The maximum atomic E-state index is 12.1. The predicted octanol–water partition coefficient (Wildman–Crippen LogP) is 0.907. The maximum Gasteiger partial charge on any atom is 0.229 e. The van der Waals surface area contributed by atoms with Gasteiger partial charge in [-0.2, -0.15) is 10.1 Å². The van der Waals surface area contributed by atoms with E-state index in [9.17, 15) is 4.79 Å². The Morgan fingerprint density at radius 3 is 2.92 bits per heavy atom. The van der Waals surface area contributed by atoms with Crippen LogP contribution in [0.1, 0.15) is 44.8 Å². The Kier molecular flexibility index (Phi) is 5.42. The topological polar surface area (TPSA) is 93.2 Å². The molecule has 0 radical (unpaired) electrons. The number of likely N-dealkylation sites (tertiary alicyclic amines) is 1. The van der Waals surface area contributed by atoms with E-state index in [2.05, 4.69) is 25.1 Å². The van der Waals surface area contributed by atoms with E-state index < -0.39 is 0 Å². The first-order valence-electron chi connectivity index (χ1n) is 8.67. The van der Waals surface area contributed by atoms with Crippen molar-refractivity contribution in [2.75, 3.05) is 19.6 Å². The summed E-state index contributed by atoms with van der Waals surface area (Å²) in [6.07, 6.45) is 4.21. The molecular weight excluding hydrogens is 322 g/mol. The van der Waals surface area contributed by atoms with Gasteiger partial charge in [0.1, 0.15) is 12.7 Å². The van der Waals surface area contributed by atoms with E-state index in [0.717, 1.165) is 32.6 Å². The number of carbonyl (C=O) groups excluding carboxylic acids is 1. The van der Waals surface area contributed by atoms with Crippen molar-refractivity contribution in [3.63, 3.8) is 0 Å². The van der Waals surface area contributed by atoms with E-state index >= 15 is 0 Å². The van der Waals surface area contributed by atoms with Crippen LogP contribution in [0.15, 0.2) is 17.2 Å². The second kappa shape index (κ2) is 7.73. The summed E-state index contributed by atoms with van der Waals surface area (Å²) in [5, 5.41) is 8.13. The molecule has 3 heterocycles. The highest BCUT2D eigenvalue weighted by molar-refractivity contribution is 5.73. The van der Waals surface area contributed by atoms with E-state index in [1.165, 1.54) is 0 Å². The van der Waals surface area contributed by atoms with Crippen LogP contribution in [0.5, 0.6) is 0 Å². The van der Waals surface area contributed by atoms with Crippen LogP contribution in [-0.2, 0) is 17.9 Å². The van der Waals surface area contributed by atoms with E-state index in [1.54, 1.807) is 19.6 Å². The summed E-state index contributed by atoms with van der Waals surface area (Å²) < 4.78 is 7.07. The summed E-state index contributed by atoms with van der Waals surface area (Å²) in [6, 6.07) is 0.175. The van der Waals surface area contributed by atoms with E-state index in [0.29, 0.717) is 18.3 Å². The van der Waals surface area contributed by atoms with Gasteiger partial charge in [0.05, 0.1) is 13.1 Å². The van der Waals surface area contributed by atoms with E-state index in [1.807, 2.05) is 23.4 Å². The van der Waals surface area contributed by atoms with Gasteiger partial charge < -0.3 is 9.42 Å². The van der Waals surface area contributed by atoms with Gasteiger partial charge in [-0.15, -0.1) is 0 Å². The number of amides is 1. The summed E-state index contributed by atoms with van der Waals surface area (Å²) in [5.74, 6) is 1.41. The zero-order chi connectivity index (χ0) is 17.8. The molecule has 1 aliphatic heterocycles. The maximum absolute atomic E-state index is 12.1. The van der Waals surface area contributed by atoms with Crippen molar-refractivity contribution in [1.82, 2.24) is 34.7 Å². The molecule has 3 rings (SSSR count). The average Bonchev–Trinajstić information content (AvgIpc) is 3.31. The van der Waals surface area contributed by atoms with Crippen LogP contribution in [0.4, 0.5) is 0 Å². The molecule has 2 aromatic rings. The van der Waals surface area contributed by atoms with Gasteiger partial charge in [-0.3, -0.25) is 14.4 Å². The van der Waals surface area contributed by atoms with Gasteiger partial charge in [0.25, 0.3) is 0 Å². The Morgan fingerprint density at radius 1 is 1.44 bits per heavy atom. The van der Waals surface area contributed by atoms with Crippen molar-refractivity contribution in [2.45, 2.75) is 52.2 Å². The fraction of sp³-hybridized carbons (Fsp3) is 0.688. The average molecular weight is 347 g/mol.